The second-order valence-corrected chi connectivity index (χ2v) is 4.94. The van der Waals surface area contributed by atoms with Crippen LogP contribution >= 0.6 is 0 Å². The highest BCUT2D eigenvalue weighted by molar-refractivity contribution is 5.92. The van der Waals surface area contributed by atoms with Gasteiger partial charge in [0.1, 0.15) is 11.5 Å². The first-order chi connectivity index (χ1) is 8.74. The summed E-state index contributed by atoms with van der Waals surface area (Å²) < 4.78 is 0. The van der Waals surface area contributed by atoms with E-state index >= 15 is 0 Å². The molecule has 0 aromatic carbocycles. The molecule has 0 bridgehead atoms. The van der Waals surface area contributed by atoms with Gasteiger partial charge in [0.15, 0.2) is 0 Å². The topological polar surface area (TPSA) is 84.1 Å². The molecule has 1 aromatic heterocycles. The van der Waals surface area contributed by atoms with E-state index in [1.807, 2.05) is 0 Å². The monoisotopic (exact) mass is 247 g/mol. The number of nitrogens with zero attached hydrogens (tertiary/aromatic N) is 3. The number of fused-ring (bicyclic) bond motifs is 1. The Balaban J connectivity index is 1.66. The molecule has 1 amide bonds. The Hall–Kier alpha value is -1.69. The van der Waals surface area contributed by atoms with Gasteiger partial charge in [0.05, 0.1) is 12.4 Å². The molecule has 2 aliphatic rings. The number of aromatic nitrogens is 2. The first-order valence-corrected chi connectivity index (χ1v) is 6.36. The molecule has 96 valence electrons. The molecule has 3 heterocycles. The van der Waals surface area contributed by atoms with Gasteiger partial charge < -0.3 is 11.1 Å². The van der Waals surface area contributed by atoms with Crippen LogP contribution in [0.15, 0.2) is 12.4 Å². The molecule has 3 N–H and O–H groups in total. The Bertz CT molecular complexity index is 446. The van der Waals surface area contributed by atoms with E-state index in [0.717, 1.165) is 13.0 Å². The predicted molar refractivity (Wildman–Crippen MR) is 66.9 cm³/mol. The summed E-state index contributed by atoms with van der Waals surface area (Å²) in [5, 5.41) is 3.06. The first-order valence-electron chi connectivity index (χ1n) is 6.36. The van der Waals surface area contributed by atoms with Crippen LogP contribution in [0.4, 0.5) is 5.82 Å². The molecule has 2 atom stereocenters. The quantitative estimate of drug-likeness (QED) is 0.770. The number of nitrogen functional groups attached to an aromatic ring is 1. The lowest BCUT2D eigenvalue weighted by molar-refractivity contribution is 0.0924. The van der Waals surface area contributed by atoms with Gasteiger partial charge in [-0.3, -0.25) is 9.69 Å². The van der Waals surface area contributed by atoms with Crippen molar-refractivity contribution in [2.45, 2.75) is 31.3 Å². The number of carbonyl (C=O) groups is 1. The van der Waals surface area contributed by atoms with E-state index in [2.05, 4.69) is 20.2 Å². The highest BCUT2D eigenvalue weighted by atomic mass is 16.2. The zero-order valence-corrected chi connectivity index (χ0v) is 10.2. The van der Waals surface area contributed by atoms with Gasteiger partial charge in [-0.05, 0) is 25.8 Å². The summed E-state index contributed by atoms with van der Waals surface area (Å²) in [4.78, 5) is 22.4. The average Bonchev–Trinajstić information content (AvgIpc) is 2.95. The summed E-state index contributed by atoms with van der Waals surface area (Å²) in [5.74, 6) is 0.177. The van der Waals surface area contributed by atoms with E-state index in [1.54, 1.807) is 0 Å². The minimum Gasteiger partial charge on any atom is -0.382 e. The Morgan fingerprint density at radius 1 is 1.33 bits per heavy atom. The molecule has 0 radical (unpaired) electrons. The lowest BCUT2D eigenvalue weighted by atomic mass is 10.1. The summed E-state index contributed by atoms with van der Waals surface area (Å²) in [6.45, 7) is 2.25. The number of amides is 1. The third kappa shape index (κ3) is 2.03. The van der Waals surface area contributed by atoms with E-state index in [9.17, 15) is 4.79 Å². The minimum atomic E-state index is -0.152. The molecule has 6 nitrogen and oxygen atoms in total. The molecule has 1 aromatic rings. The second kappa shape index (κ2) is 4.53. The largest absolute Gasteiger partial charge is 0.382 e. The van der Waals surface area contributed by atoms with Crippen molar-refractivity contribution in [2.75, 3.05) is 18.8 Å². The van der Waals surface area contributed by atoms with Crippen LogP contribution in [0, 0.1) is 0 Å². The summed E-state index contributed by atoms with van der Waals surface area (Å²) in [6.07, 6.45) is 6.27. The Labute approximate surface area is 106 Å². The summed E-state index contributed by atoms with van der Waals surface area (Å²) in [6, 6.07) is 0.759. The Morgan fingerprint density at radius 2 is 2.22 bits per heavy atom. The maximum Gasteiger partial charge on any atom is 0.271 e. The Kier molecular flexibility index (Phi) is 2.87. The molecule has 2 saturated heterocycles. The number of nitrogens with two attached hydrogens (primary N) is 1. The zero-order chi connectivity index (χ0) is 12.5. The van der Waals surface area contributed by atoms with Crippen molar-refractivity contribution in [3.05, 3.63) is 18.1 Å². The van der Waals surface area contributed by atoms with E-state index in [0.29, 0.717) is 17.6 Å². The van der Waals surface area contributed by atoms with Gasteiger partial charge in [-0.2, -0.15) is 0 Å². The third-order valence-corrected chi connectivity index (χ3v) is 3.83. The average molecular weight is 247 g/mol. The van der Waals surface area contributed by atoms with Gasteiger partial charge in [-0.25, -0.2) is 9.97 Å². The van der Waals surface area contributed by atoms with Crippen LogP contribution in [0.2, 0.25) is 0 Å². The molecule has 0 aliphatic carbocycles. The fourth-order valence-corrected chi connectivity index (χ4v) is 2.95. The zero-order valence-electron chi connectivity index (χ0n) is 10.2. The van der Waals surface area contributed by atoms with Crippen LogP contribution in [0.1, 0.15) is 29.8 Å². The van der Waals surface area contributed by atoms with Crippen molar-refractivity contribution >= 4 is 11.7 Å². The Morgan fingerprint density at radius 3 is 3.00 bits per heavy atom. The molecule has 2 unspecified atom stereocenters. The third-order valence-electron chi connectivity index (χ3n) is 3.83. The fraction of sp³-hybridized carbons (Fsp3) is 0.583. The number of carbonyl (C=O) groups excluding carboxylic acids is 1. The first kappa shape index (κ1) is 11.4. The van der Waals surface area contributed by atoms with Gasteiger partial charge in [0.2, 0.25) is 0 Å². The van der Waals surface area contributed by atoms with Crippen LogP contribution in [0.5, 0.6) is 0 Å². The lowest BCUT2D eigenvalue weighted by Gasteiger charge is -2.20. The molecule has 0 spiro atoms. The highest BCUT2D eigenvalue weighted by Gasteiger charge is 2.37. The van der Waals surface area contributed by atoms with Gasteiger partial charge in [-0.1, -0.05) is 0 Å². The van der Waals surface area contributed by atoms with E-state index < -0.39 is 0 Å². The van der Waals surface area contributed by atoms with Gasteiger partial charge in [0, 0.05) is 18.6 Å². The molecule has 0 saturated carbocycles. The summed E-state index contributed by atoms with van der Waals surface area (Å²) in [7, 11) is 0. The van der Waals surface area contributed by atoms with Crippen molar-refractivity contribution < 1.29 is 4.79 Å². The van der Waals surface area contributed by atoms with Crippen LogP contribution in [-0.2, 0) is 0 Å². The van der Waals surface area contributed by atoms with Gasteiger partial charge >= 0.3 is 0 Å². The fourth-order valence-electron chi connectivity index (χ4n) is 2.95. The van der Waals surface area contributed by atoms with Gasteiger partial charge in [-0.15, -0.1) is 0 Å². The lowest BCUT2D eigenvalue weighted by Crippen LogP contribution is -2.42. The SMILES string of the molecule is Nc1cnc(C(=O)NC2CCN3CCCC23)cn1. The molecular formula is C12H17N5O. The van der Waals surface area contributed by atoms with Gasteiger partial charge in [0.25, 0.3) is 5.91 Å². The maximum atomic E-state index is 12.0. The second-order valence-electron chi connectivity index (χ2n) is 4.94. The molecular weight excluding hydrogens is 230 g/mol. The molecule has 18 heavy (non-hydrogen) atoms. The van der Waals surface area contributed by atoms with Crippen molar-refractivity contribution in [2.24, 2.45) is 0 Å². The van der Waals surface area contributed by atoms with E-state index in [1.165, 1.54) is 31.8 Å². The van der Waals surface area contributed by atoms with Crippen LogP contribution in [0.25, 0.3) is 0 Å². The minimum absolute atomic E-state index is 0.152. The standard InChI is InChI=1S/C12H17N5O/c13-11-7-14-9(6-15-11)12(18)16-8-3-5-17-4-1-2-10(8)17/h6-8,10H,1-5H2,(H2,13,15)(H,16,18). The number of hydrogen-bond donors (Lipinski definition) is 2. The molecule has 2 fully saturated rings. The van der Waals surface area contributed by atoms with Crippen LogP contribution < -0.4 is 11.1 Å². The summed E-state index contributed by atoms with van der Waals surface area (Å²) >= 11 is 0. The van der Waals surface area contributed by atoms with Crippen LogP contribution in [-0.4, -0.2) is 45.9 Å². The van der Waals surface area contributed by atoms with Crippen molar-refractivity contribution in [3.8, 4) is 0 Å². The maximum absolute atomic E-state index is 12.0. The number of nitrogens with one attached hydrogen (secondary N) is 1. The normalized spacial score (nSPS) is 27.1. The van der Waals surface area contributed by atoms with Crippen molar-refractivity contribution in [1.29, 1.82) is 0 Å². The molecule has 6 heteroatoms. The van der Waals surface area contributed by atoms with E-state index in [4.69, 9.17) is 5.73 Å². The number of anilines is 1. The molecule has 2 aliphatic heterocycles. The molecule has 3 rings (SSSR count). The number of rotatable bonds is 2. The van der Waals surface area contributed by atoms with Crippen molar-refractivity contribution in [1.82, 2.24) is 20.2 Å². The highest BCUT2D eigenvalue weighted by Crippen LogP contribution is 2.27. The van der Waals surface area contributed by atoms with Crippen LogP contribution in [0.3, 0.4) is 0 Å². The van der Waals surface area contributed by atoms with Crippen molar-refractivity contribution in [3.63, 3.8) is 0 Å². The summed E-state index contributed by atoms with van der Waals surface area (Å²) in [5.41, 5.74) is 5.78. The predicted octanol–water partition coefficient (Wildman–Crippen LogP) is 0.0253. The number of hydrogen-bond acceptors (Lipinski definition) is 5. The smallest absolute Gasteiger partial charge is 0.271 e. The van der Waals surface area contributed by atoms with E-state index in [-0.39, 0.29) is 11.9 Å².